The number of halogens is 2. The van der Waals surface area contributed by atoms with Crippen molar-refractivity contribution in [2.24, 2.45) is 5.73 Å². The summed E-state index contributed by atoms with van der Waals surface area (Å²) in [6.07, 6.45) is 1.53. The number of amides is 1. The van der Waals surface area contributed by atoms with Crippen LogP contribution in [0.5, 0.6) is 0 Å². The second kappa shape index (κ2) is 8.27. The zero-order valence-electron chi connectivity index (χ0n) is 11.5. The van der Waals surface area contributed by atoms with Gasteiger partial charge in [0.15, 0.2) is 0 Å². The second-order valence-electron chi connectivity index (χ2n) is 5.27. The molecule has 4 atom stereocenters. The van der Waals surface area contributed by atoms with Crippen molar-refractivity contribution < 1.29 is 9.53 Å². The highest BCUT2D eigenvalue weighted by Crippen LogP contribution is 2.21. The molecule has 0 spiro atoms. The quantitative estimate of drug-likeness (QED) is 0.781. The minimum absolute atomic E-state index is 0. The van der Waals surface area contributed by atoms with Gasteiger partial charge < -0.3 is 20.7 Å². The van der Waals surface area contributed by atoms with Gasteiger partial charge in [0.05, 0.1) is 6.10 Å². The Hall–Kier alpha value is -0.0700. The third-order valence-corrected chi connectivity index (χ3v) is 3.52. The van der Waals surface area contributed by atoms with Gasteiger partial charge in [0, 0.05) is 31.7 Å². The molecule has 0 aromatic carbocycles. The number of ether oxygens (including phenoxy) is 1. The van der Waals surface area contributed by atoms with E-state index in [1.165, 1.54) is 0 Å². The van der Waals surface area contributed by atoms with Crippen molar-refractivity contribution in [3.63, 3.8) is 0 Å². The van der Waals surface area contributed by atoms with Crippen LogP contribution in [0.15, 0.2) is 0 Å². The van der Waals surface area contributed by atoms with Gasteiger partial charge in [-0.1, -0.05) is 0 Å². The van der Waals surface area contributed by atoms with Crippen molar-refractivity contribution >= 4 is 30.7 Å². The average molecular weight is 314 g/mol. The Bertz CT molecular complexity index is 284. The monoisotopic (exact) mass is 313 g/mol. The predicted octanol–water partition coefficient (Wildman–Crippen LogP) is 0.545. The third kappa shape index (κ3) is 4.76. The molecule has 0 aliphatic carbocycles. The first-order valence-electron chi connectivity index (χ1n) is 6.50. The van der Waals surface area contributed by atoms with Crippen molar-refractivity contribution in [3.05, 3.63) is 0 Å². The van der Waals surface area contributed by atoms with Gasteiger partial charge in [-0.15, -0.1) is 24.8 Å². The van der Waals surface area contributed by atoms with Crippen LogP contribution in [0.4, 0.5) is 0 Å². The van der Waals surface area contributed by atoms with Crippen molar-refractivity contribution in [1.29, 1.82) is 0 Å². The smallest absolute Gasteiger partial charge is 0.251 e. The van der Waals surface area contributed by atoms with Crippen molar-refractivity contribution in [3.8, 4) is 0 Å². The Labute approximate surface area is 127 Å². The molecule has 2 fully saturated rings. The van der Waals surface area contributed by atoms with Crippen LogP contribution in [0.25, 0.3) is 0 Å². The lowest BCUT2D eigenvalue weighted by Crippen LogP contribution is -2.57. The lowest BCUT2D eigenvalue weighted by Gasteiger charge is -2.37. The maximum absolute atomic E-state index is 12.3. The van der Waals surface area contributed by atoms with Gasteiger partial charge >= 0.3 is 0 Å². The Morgan fingerprint density at radius 1 is 1.26 bits per heavy atom. The molecule has 0 aromatic heterocycles. The summed E-state index contributed by atoms with van der Waals surface area (Å²) in [6, 6.07) is 0.712. The molecule has 19 heavy (non-hydrogen) atoms. The summed E-state index contributed by atoms with van der Waals surface area (Å²) >= 11 is 0. The van der Waals surface area contributed by atoms with Crippen LogP contribution in [0.1, 0.15) is 26.7 Å². The number of rotatable bonds is 2. The maximum atomic E-state index is 12.3. The molecule has 0 bridgehead atoms. The number of piperazine rings is 1. The van der Waals surface area contributed by atoms with Crippen LogP contribution in [-0.2, 0) is 9.53 Å². The largest absolute Gasteiger partial charge is 0.364 e. The van der Waals surface area contributed by atoms with Gasteiger partial charge in [0.25, 0.3) is 5.91 Å². The van der Waals surface area contributed by atoms with E-state index in [0.29, 0.717) is 18.6 Å². The second-order valence-corrected chi connectivity index (χ2v) is 5.27. The Morgan fingerprint density at radius 3 is 2.32 bits per heavy atom. The van der Waals surface area contributed by atoms with E-state index < -0.39 is 0 Å². The summed E-state index contributed by atoms with van der Waals surface area (Å²) in [6.45, 7) is 6.27. The number of nitrogens with one attached hydrogen (secondary N) is 1. The van der Waals surface area contributed by atoms with E-state index in [-0.39, 0.29) is 42.9 Å². The Balaban J connectivity index is 0.00000162. The van der Waals surface area contributed by atoms with Crippen molar-refractivity contribution in [2.45, 2.75) is 51.0 Å². The first kappa shape index (κ1) is 18.9. The maximum Gasteiger partial charge on any atom is 0.251 e. The van der Waals surface area contributed by atoms with E-state index in [4.69, 9.17) is 10.5 Å². The number of hydrogen-bond acceptors (Lipinski definition) is 4. The Morgan fingerprint density at radius 2 is 1.84 bits per heavy atom. The van der Waals surface area contributed by atoms with Gasteiger partial charge in [0.2, 0.25) is 0 Å². The summed E-state index contributed by atoms with van der Waals surface area (Å²) in [4.78, 5) is 14.2. The normalized spacial score (nSPS) is 34.4. The molecule has 2 rings (SSSR count). The third-order valence-electron chi connectivity index (χ3n) is 3.52. The van der Waals surface area contributed by atoms with E-state index in [9.17, 15) is 4.79 Å². The molecule has 2 aliphatic rings. The first-order valence-corrected chi connectivity index (χ1v) is 6.50. The fourth-order valence-electron chi connectivity index (χ4n) is 2.77. The SMILES string of the molecule is CC1CN(C(=O)[C@@H]2CC[C@H](CN)O2)CC(C)N1.Cl.Cl. The zero-order valence-corrected chi connectivity index (χ0v) is 13.1. The van der Waals surface area contributed by atoms with Crippen LogP contribution in [0, 0.1) is 0 Å². The van der Waals surface area contributed by atoms with Crippen LogP contribution in [0.2, 0.25) is 0 Å². The average Bonchev–Trinajstić information content (AvgIpc) is 2.75. The lowest BCUT2D eigenvalue weighted by atomic mass is 10.1. The molecule has 2 saturated heterocycles. The Kier molecular flexibility index (Phi) is 8.24. The topological polar surface area (TPSA) is 67.6 Å². The number of carbonyl (C=O) groups is 1. The molecule has 5 nitrogen and oxygen atoms in total. The van der Waals surface area contributed by atoms with E-state index in [1.807, 2.05) is 4.90 Å². The van der Waals surface area contributed by atoms with E-state index >= 15 is 0 Å². The molecule has 2 heterocycles. The minimum Gasteiger partial charge on any atom is -0.364 e. The van der Waals surface area contributed by atoms with Crippen LogP contribution in [0.3, 0.4) is 0 Å². The van der Waals surface area contributed by atoms with E-state index in [2.05, 4.69) is 19.2 Å². The summed E-state index contributed by atoms with van der Waals surface area (Å²) < 4.78 is 5.66. The van der Waals surface area contributed by atoms with Gasteiger partial charge in [-0.2, -0.15) is 0 Å². The van der Waals surface area contributed by atoms with Crippen LogP contribution < -0.4 is 11.1 Å². The van der Waals surface area contributed by atoms with Gasteiger partial charge in [-0.25, -0.2) is 0 Å². The van der Waals surface area contributed by atoms with Crippen molar-refractivity contribution in [2.75, 3.05) is 19.6 Å². The standard InChI is InChI=1S/C12H23N3O2.2ClH/c1-8-6-15(7-9(2)14-8)12(16)11-4-3-10(5-13)17-11;;/h8-11,14H,3-7,13H2,1-2H3;2*1H/t8?,9?,10-,11+;;/m1../s1. The highest BCUT2D eigenvalue weighted by molar-refractivity contribution is 5.85. The van der Waals surface area contributed by atoms with Crippen molar-refractivity contribution in [1.82, 2.24) is 10.2 Å². The fraction of sp³-hybridized carbons (Fsp3) is 0.917. The van der Waals surface area contributed by atoms with Gasteiger partial charge in [-0.3, -0.25) is 4.79 Å². The molecular formula is C12H25Cl2N3O2. The highest BCUT2D eigenvalue weighted by Gasteiger charge is 2.35. The predicted molar refractivity (Wildman–Crippen MR) is 80.1 cm³/mol. The number of hydrogen-bond donors (Lipinski definition) is 2. The summed E-state index contributed by atoms with van der Waals surface area (Å²) in [5.41, 5.74) is 5.56. The highest BCUT2D eigenvalue weighted by atomic mass is 35.5. The summed E-state index contributed by atoms with van der Waals surface area (Å²) in [5.74, 6) is 0.140. The minimum atomic E-state index is -0.263. The number of nitrogens with two attached hydrogens (primary N) is 1. The molecular weight excluding hydrogens is 289 g/mol. The van der Waals surface area contributed by atoms with Crippen LogP contribution >= 0.6 is 24.8 Å². The molecule has 2 unspecified atom stereocenters. The molecule has 1 amide bonds. The van der Waals surface area contributed by atoms with E-state index in [0.717, 1.165) is 25.9 Å². The lowest BCUT2D eigenvalue weighted by molar-refractivity contribution is -0.144. The molecule has 0 aromatic rings. The zero-order chi connectivity index (χ0) is 12.4. The van der Waals surface area contributed by atoms with E-state index in [1.54, 1.807) is 0 Å². The van der Waals surface area contributed by atoms with Crippen LogP contribution in [-0.4, -0.2) is 54.7 Å². The summed E-state index contributed by atoms with van der Waals surface area (Å²) in [5, 5.41) is 3.42. The fourth-order valence-corrected chi connectivity index (χ4v) is 2.77. The molecule has 3 N–H and O–H groups in total. The molecule has 114 valence electrons. The molecule has 7 heteroatoms. The molecule has 0 radical (unpaired) electrons. The molecule has 2 aliphatic heterocycles. The first-order chi connectivity index (χ1) is 8.10. The van der Waals surface area contributed by atoms with Gasteiger partial charge in [-0.05, 0) is 26.7 Å². The molecule has 0 saturated carbocycles. The number of nitrogens with zero attached hydrogens (tertiary/aromatic N) is 1. The summed E-state index contributed by atoms with van der Waals surface area (Å²) in [7, 11) is 0. The number of carbonyl (C=O) groups excluding carboxylic acids is 1. The van der Waals surface area contributed by atoms with Gasteiger partial charge in [0.1, 0.15) is 6.10 Å².